The number of nitrogens with zero attached hydrogens (tertiary/aromatic N) is 2. The molecule has 102 valence electrons. The highest BCUT2D eigenvalue weighted by atomic mass is 16.5. The van der Waals surface area contributed by atoms with E-state index in [9.17, 15) is 0 Å². The SMILES string of the molecule is CCCNCc1c(C)nn(C)c1Oc1ccccc1. The molecular formula is C15H21N3O. The van der Waals surface area contributed by atoms with Gasteiger partial charge >= 0.3 is 0 Å². The van der Waals surface area contributed by atoms with Crippen LogP contribution in [-0.4, -0.2) is 16.3 Å². The van der Waals surface area contributed by atoms with Crippen molar-refractivity contribution in [3.05, 3.63) is 41.6 Å². The normalized spacial score (nSPS) is 10.7. The highest BCUT2D eigenvalue weighted by molar-refractivity contribution is 5.35. The molecule has 0 radical (unpaired) electrons. The van der Waals surface area contributed by atoms with E-state index in [0.29, 0.717) is 0 Å². The van der Waals surface area contributed by atoms with Gasteiger partial charge in [0, 0.05) is 13.6 Å². The molecule has 0 amide bonds. The maximum absolute atomic E-state index is 5.95. The van der Waals surface area contributed by atoms with E-state index in [2.05, 4.69) is 17.3 Å². The monoisotopic (exact) mass is 259 g/mol. The van der Waals surface area contributed by atoms with Gasteiger partial charge in [0.05, 0.1) is 11.3 Å². The average Bonchev–Trinajstić information content (AvgIpc) is 2.67. The third-order valence-electron chi connectivity index (χ3n) is 2.98. The number of aryl methyl sites for hydroxylation is 2. The van der Waals surface area contributed by atoms with Crippen LogP contribution >= 0.6 is 0 Å². The molecule has 0 saturated carbocycles. The minimum Gasteiger partial charge on any atom is -0.439 e. The van der Waals surface area contributed by atoms with E-state index in [4.69, 9.17) is 4.74 Å². The molecule has 19 heavy (non-hydrogen) atoms. The van der Waals surface area contributed by atoms with Crippen LogP contribution < -0.4 is 10.1 Å². The summed E-state index contributed by atoms with van der Waals surface area (Å²) < 4.78 is 7.75. The van der Waals surface area contributed by atoms with Crippen molar-refractivity contribution in [3.8, 4) is 11.6 Å². The Bertz CT molecular complexity index is 520. The van der Waals surface area contributed by atoms with Gasteiger partial charge in [-0.25, -0.2) is 4.68 Å². The van der Waals surface area contributed by atoms with Crippen LogP contribution in [0.5, 0.6) is 11.6 Å². The van der Waals surface area contributed by atoms with Crippen molar-refractivity contribution in [1.29, 1.82) is 0 Å². The molecule has 0 aliphatic heterocycles. The number of nitrogens with one attached hydrogen (secondary N) is 1. The molecule has 0 unspecified atom stereocenters. The van der Waals surface area contributed by atoms with Crippen LogP contribution in [0.25, 0.3) is 0 Å². The zero-order chi connectivity index (χ0) is 13.7. The summed E-state index contributed by atoms with van der Waals surface area (Å²) in [6.45, 7) is 5.96. The summed E-state index contributed by atoms with van der Waals surface area (Å²) in [7, 11) is 1.91. The molecule has 1 aromatic carbocycles. The molecule has 1 heterocycles. The predicted molar refractivity (Wildman–Crippen MR) is 76.5 cm³/mol. The van der Waals surface area contributed by atoms with Gasteiger partial charge in [0.15, 0.2) is 0 Å². The zero-order valence-electron chi connectivity index (χ0n) is 11.8. The van der Waals surface area contributed by atoms with Crippen LogP contribution in [0.3, 0.4) is 0 Å². The smallest absolute Gasteiger partial charge is 0.222 e. The Kier molecular flexibility index (Phi) is 4.58. The number of hydrogen-bond acceptors (Lipinski definition) is 3. The number of para-hydroxylation sites is 1. The van der Waals surface area contributed by atoms with Gasteiger partial charge in [-0.2, -0.15) is 5.10 Å². The Hall–Kier alpha value is -1.81. The number of aromatic nitrogens is 2. The highest BCUT2D eigenvalue weighted by Gasteiger charge is 2.14. The molecule has 0 atom stereocenters. The summed E-state index contributed by atoms with van der Waals surface area (Å²) in [5.74, 6) is 1.65. The number of benzene rings is 1. The van der Waals surface area contributed by atoms with E-state index in [-0.39, 0.29) is 0 Å². The first kappa shape index (κ1) is 13.6. The quantitative estimate of drug-likeness (QED) is 0.810. The van der Waals surface area contributed by atoms with Gasteiger partial charge < -0.3 is 10.1 Å². The van der Waals surface area contributed by atoms with E-state index in [1.165, 1.54) is 0 Å². The molecule has 2 aromatic rings. The Balaban J connectivity index is 2.19. The molecule has 1 aromatic heterocycles. The van der Waals surface area contributed by atoms with Gasteiger partial charge in [-0.3, -0.25) is 0 Å². The standard InChI is InChI=1S/C15H21N3O/c1-4-10-16-11-14-12(2)17-18(3)15(14)19-13-8-6-5-7-9-13/h5-9,16H,4,10-11H2,1-3H3. The van der Waals surface area contributed by atoms with Crippen LogP contribution in [0, 0.1) is 6.92 Å². The fourth-order valence-electron chi connectivity index (χ4n) is 2.00. The lowest BCUT2D eigenvalue weighted by molar-refractivity contribution is 0.424. The predicted octanol–water partition coefficient (Wildman–Crippen LogP) is 3.02. The number of ether oxygens (including phenoxy) is 1. The van der Waals surface area contributed by atoms with Crippen LogP contribution in [-0.2, 0) is 13.6 Å². The number of hydrogen-bond donors (Lipinski definition) is 1. The summed E-state index contributed by atoms with van der Waals surface area (Å²) in [5.41, 5.74) is 2.14. The van der Waals surface area contributed by atoms with Crippen LogP contribution in [0.1, 0.15) is 24.6 Å². The third kappa shape index (κ3) is 3.35. The third-order valence-corrected chi connectivity index (χ3v) is 2.98. The Morgan fingerprint density at radius 3 is 2.68 bits per heavy atom. The maximum atomic E-state index is 5.95. The molecule has 1 N–H and O–H groups in total. The second-order valence-electron chi connectivity index (χ2n) is 4.58. The summed E-state index contributed by atoms with van der Waals surface area (Å²) in [6, 6.07) is 9.81. The lowest BCUT2D eigenvalue weighted by Gasteiger charge is -2.09. The molecule has 4 nitrogen and oxygen atoms in total. The van der Waals surface area contributed by atoms with Gasteiger partial charge in [0.25, 0.3) is 0 Å². The van der Waals surface area contributed by atoms with Gasteiger partial charge in [0.2, 0.25) is 5.88 Å². The van der Waals surface area contributed by atoms with Crippen LogP contribution in [0.2, 0.25) is 0 Å². The van der Waals surface area contributed by atoms with Crippen LogP contribution in [0.15, 0.2) is 30.3 Å². The van der Waals surface area contributed by atoms with E-state index < -0.39 is 0 Å². The summed E-state index contributed by atoms with van der Waals surface area (Å²) in [4.78, 5) is 0. The second kappa shape index (κ2) is 6.38. The Morgan fingerprint density at radius 1 is 1.26 bits per heavy atom. The van der Waals surface area contributed by atoms with Gasteiger partial charge in [-0.05, 0) is 32.0 Å². The molecule has 0 fully saturated rings. The van der Waals surface area contributed by atoms with Crippen molar-refractivity contribution in [2.75, 3.05) is 6.54 Å². The summed E-state index contributed by atoms with van der Waals surface area (Å²) in [5, 5.41) is 7.84. The fraction of sp³-hybridized carbons (Fsp3) is 0.400. The van der Waals surface area contributed by atoms with Crippen LogP contribution in [0.4, 0.5) is 0 Å². The maximum Gasteiger partial charge on any atom is 0.222 e. The molecule has 0 bridgehead atoms. The first-order valence-corrected chi connectivity index (χ1v) is 6.68. The van der Waals surface area contributed by atoms with E-state index in [0.717, 1.165) is 42.4 Å². The van der Waals surface area contributed by atoms with Gasteiger partial charge in [-0.15, -0.1) is 0 Å². The molecule has 4 heteroatoms. The Labute approximate surface area is 114 Å². The lowest BCUT2D eigenvalue weighted by atomic mass is 10.2. The van der Waals surface area contributed by atoms with E-state index in [1.807, 2.05) is 44.3 Å². The second-order valence-corrected chi connectivity index (χ2v) is 4.58. The molecule has 0 saturated heterocycles. The Morgan fingerprint density at radius 2 is 2.00 bits per heavy atom. The van der Waals surface area contributed by atoms with E-state index in [1.54, 1.807) is 4.68 Å². The summed E-state index contributed by atoms with van der Waals surface area (Å²) in [6.07, 6.45) is 1.12. The molecular weight excluding hydrogens is 238 g/mol. The molecule has 0 spiro atoms. The van der Waals surface area contributed by atoms with Gasteiger partial charge in [0.1, 0.15) is 5.75 Å². The van der Waals surface area contributed by atoms with Crippen molar-refractivity contribution < 1.29 is 4.74 Å². The van der Waals surface area contributed by atoms with Crippen molar-refractivity contribution in [2.45, 2.75) is 26.8 Å². The first-order chi connectivity index (χ1) is 9.22. The highest BCUT2D eigenvalue weighted by Crippen LogP contribution is 2.26. The molecule has 0 aliphatic carbocycles. The minimum atomic E-state index is 0.787. The van der Waals surface area contributed by atoms with Crippen molar-refractivity contribution in [1.82, 2.24) is 15.1 Å². The van der Waals surface area contributed by atoms with Crippen molar-refractivity contribution >= 4 is 0 Å². The average molecular weight is 259 g/mol. The topological polar surface area (TPSA) is 39.1 Å². The number of rotatable bonds is 6. The van der Waals surface area contributed by atoms with Gasteiger partial charge in [-0.1, -0.05) is 25.1 Å². The van der Waals surface area contributed by atoms with E-state index >= 15 is 0 Å². The first-order valence-electron chi connectivity index (χ1n) is 6.68. The minimum absolute atomic E-state index is 0.787. The lowest BCUT2D eigenvalue weighted by Crippen LogP contribution is -2.14. The summed E-state index contributed by atoms with van der Waals surface area (Å²) >= 11 is 0. The molecule has 2 rings (SSSR count). The fourth-order valence-corrected chi connectivity index (χ4v) is 2.00. The van der Waals surface area contributed by atoms with Crippen molar-refractivity contribution in [2.24, 2.45) is 7.05 Å². The molecule has 0 aliphatic rings. The zero-order valence-corrected chi connectivity index (χ0v) is 11.8. The van der Waals surface area contributed by atoms with Crippen molar-refractivity contribution in [3.63, 3.8) is 0 Å². The largest absolute Gasteiger partial charge is 0.439 e.